The zero-order valence-electron chi connectivity index (χ0n) is 17.7. The molecule has 2 saturated heterocycles. The molecule has 12 heteroatoms. The molecule has 9 nitrogen and oxygen atoms in total. The lowest BCUT2D eigenvalue weighted by molar-refractivity contribution is 0.189. The van der Waals surface area contributed by atoms with Crippen molar-refractivity contribution in [2.24, 2.45) is 0 Å². The molecular formula is C21H24F2N6O3S. The number of hydrogen-bond donors (Lipinski definition) is 2. The molecule has 0 spiro atoms. The van der Waals surface area contributed by atoms with E-state index in [-0.39, 0.29) is 25.7 Å². The molecule has 3 aromatic rings. The number of halogens is 2. The van der Waals surface area contributed by atoms with Gasteiger partial charge in [0, 0.05) is 43.5 Å². The molecule has 2 aromatic heterocycles. The second kappa shape index (κ2) is 8.60. The van der Waals surface area contributed by atoms with Gasteiger partial charge in [-0.05, 0) is 43.5 Å². The number of aromatic nitrogens is 3. The minimum atomic E-state index is -3.75. The molecule has 2 atom stereocenters. The molecule has 0 amide bonds. The fourth-order valence-electron chi connectivity index (χ4n) is 4.51. The van der Waals surface area contributed by atoms with Gasteiger partial charge in [0.2, 0.25) is 0 Å². The predicted molar refractivity (Wildman–Crippen MR) is 117 cm³/mol. The van der Waals surface area contributed by atoms with E-state index in [2.05, 4.69) is 14.8 Å². The summed E-state index contributed by atoms with van der Waals surface area (Å²) in [5.41, 5.74) is 1.35. The van der Waals surface area contributed by atoms with Crippen molar-refractivity contribution >= 4 is 21.7 Å². The SMILES string of the molecule is O=S(=O)(NCc1cnn2ccc(N3CCC[C@@H]3c3cc(F)ccc3F)nc12)N1CC[C@H](O)C1. The van der Waals surface area contributed by atoms with Crippen molar-refractivity contribution in [1.82, 2.24) is 23.6 Å². The Morgan fingerprint density at radius 3 is 2.82 bits per heavy atom. The Kier molecular flexibility index (Phi) is 5.77. The van der Waals surface area contributed by atoms with Crippen LogP contribution in [0, 0.1) is 11.6 Å². The molecule has 0 saturated carbocycles. The summed E-state index contributed by atoms with van der Waals surface area (Å²) in [7, 11) is -3.75. The average molecular weight is 479 g/mol. The first kappa shape index (κ1) is 22.1. The van der Waals surface area contributed by atoms with Gasteiger partial charge in [0.25, 0.3) is 10.2 Å². The van der Waals surface area contributed by atoms with E-state index in [4.69, 9.17) is 0 Å². The number of aliphatic hydroxyl groups excluding tert-OH is 1. The number of hydrogen-bond acceptors (Lipinski definition) is 6. The van der Waals surface area contributed by atoms with Crippen molar-refractivity contribution < 1.29 is 22.3 Å². The summed E-state index contributed by atoms with van der Waals surface area (Å²) in [4.78, 5) is 6.61. The minimum Gasteiger partial charge on any atom is -0.392 e. The van der Waals surface area contributed by atoms with E-state index in [0.29, 0.717) is 42.0 Å². The average Bonchev–Trinajstić information content (AvgIpc) is 3.53. The third-order valence-corrected chi connectivity index (χ3v) is 7.72. The van der Waals surface area contributed by atoms with E-state index < -0.39 is 27.9 Å². The van der Waals surface area contributed by atoms with Gasteiger partial charge in [0.1, 0.15) is 17.5 Å². The minimum absolute atomic E-state index is 0.0170. The van der Waals surface area contributed by atoms with Crippen LogP contribution >= 0.6 is 0 Å². The van der Waals surface area contributed by atoms with Crippen molar-refractivity contribution in [1.29, 1.82) is 0 Å². The third-order valence-electron chi connectivity index (χ3n) is 6.20. The highest BCUT2D eigenvalue weighted by atomic mass is 32.2. The second-order valence-corrected chi connectivity index (χ2v) is 10.1. The van der Waals surface area contributed by atoms with E-state index in [0.717, 1.165) is 18.6 Å². The number of nitrogens with one attached hydrogen (secondary N) is 1. The van der Waals surface area contributed by atoms with Crippen molar-refractivity contribution in [3.05, 3.63) is 59.4 Å². The molecule has 1 aromatic carbocycles. The molecule has 2 aliphatic rings. The molecule has 0 unspecified atom stereocenters. The van der Waals surface area contributed by atoms with Gasteiger partial charge in [-0.2, -0.15) is 22.5 Å². The van der Waals surface area contributed by atoms with Crippen LogP contribution in [0.1, 0.15) is 36.4 Å². The number of β-amino-alcohol motifs (C(OH)–C–C–N with tert-alkyl or cyclic N) is 1. The van der Waals surface area contributed by atoms with Crippen molar-refractivity contribution in [2.45, 2.75) is 38.0 Å². The van der Waals surface area contributed by atoms with Gasteiger partial charge >= 0.3 is 0 Å². The molecule has 0 aliphatic carbocycles. The molecule has 0 radical (unpaired) electrons. The number of rotatable bonds is 6. The van der Waals surface area contributed by atoms with Crippen LogP contribution in [0.15, 0.2) is 36.7 Å². The van der Waals surface area contributed by atoms with Crippen LogP contribution in [0.5, 0.6) is 0 Å². The Bertz CT molecular complexity index is 1280. The second-order valence-electron chi connectivity index (χ2n) is 8.37. The van der Waals surface area contributed by atoms with Crippen LogP contribution in [-0.2, 0) is 16.8 Å². The Morgan fingerprint density at radius 1 is 1.18 bits per heavy atom. The van der Waals surface area contributed by atoms with Gasteiger partial charge < -0.3 is 10.0 Å². The molecule has 2 fully saturated rings. The first-order chi connectivity index (χ1) is 15.8. The number of anilines is 1. The molecular weight excluding hydrogens is 454 g/mol. The maximum Gasteiger partial charge on any atom is 0.279 e. The molecule has 33 heavy (non-hydrogen) atoms. The zero-order valence-corrected chi connectivity index (χ0v) is 18.5. The summed E-state index contributed by atoms with van der Waals surface area (Å²) < 4.78 is 58.6. The number of aliphatic hydroxyl groups is 1. The van der Waals surface area contributed by atoms with E-state index in [1.807, 2.05) is 4.90 Å². The van der Waals surface area contributed by atoms with Crippen LogP contribution in [-0.4, -0.2) is 58.2 Å². The number of nitrogens with zero attached hydrogens (tertiary/aromatic N) is 5. The lowest BCUT2D eigenvalue weighted by atomic mass is 10.0. The van der Waals surface area contributed by atoms with Gasteiger partial charge in [-0.25, -0.2) is 18.3 Å². The van der Waals surface area contributed by atoms with Gasteiger partial charge in [-0.1, -0.05) is 0 Å². The normalized spacial score (nSPS) is 22.0. The van der Waals surface area contributed by atoms with E-state index in [9.17, 15) is 22.3 Å². The molecule has 2 aliphatic heterocycles. The molecule has 2 N–H and O–H groups in total. The summed E-state index contributed by atoms with van der Waals surface area (Å²) >= 11 is 0. The highest BCUT2D eigenvalue weighted by molar-refractivity contribution is 7.87. The maximum atomic E-state index is 14.4. The Labute approximate surface area is 189 Å². The fraction of sp³-hybridized carbons (Fsp3) is 0.429. The Hall–Kier alpha value is -2.67. The maximum absolute atomic E-state index is 14.4. The highest BCUT2D eigenvalue weighted by Crippen LogP contribution is 2.36. The summed E-state index contributed by atoms with van der Waals surface area (Å²) in [5, 5.41) is 13.9. The summed E-state index contributed by atoms with van der Waals surface area (Å²) in [5.74, 6) is -0.362. The number of benzene rings is 1. The summed E-state index contributed by atoms with van der Waals surface area (Å²) in [6.07, 6.45) is 4.48. The van der Waals surface area contributed by atoms with Crippen molar-refractivity contribution in [2.75, 3.05) is 24.5 Å². The smallest absolute Gasteiger partial charge is 0.279 e. The molecule has 5 rings (SSSR count). The van der Waals surface area contributed by atoms with Gasteiger partial charge in [0.05, 0.1) is 18.3 Å². The monoisotopic (exact) mass is 478 g/mol. The van der Waals surface area contributed by atoms with Gasteiger partial charge in [0.15, 0.2) is 5.65 Å². The summed E-state index contributed by atoms with van der Waals surface area (Å²) in [6, 6.07) is 4.88. The Balaban J connectivity index is 1.39. The molecule has 176 valence electrons. The quantitative estimate of drug-likeness (QED) is 0.560. The van der Waals surface area contributed by atoms with Crippen LogP contribution in [0.2, 0.25) is 0 Å². The molecule has 0 bridgehead atoms. The lowest BCUT2D eigenvalue weighted by Crippen LogP contribution is -2.39. The lowest BCUT2D eigenvalue weighted by Gasteiger charge is -2.26. The van der Waals surface area contributed by atoms with Crippen LogP contribution in [0.25, 0.3) is 5.65 Å². The first-order valence-corrected chi connectivity index (χ1v) is 12.2. The van der Waals surface area contributed by atoms with E-state index in [1.54, 1.807) is 23.0 Å². The third kappa shape index (κ3) is 4.31. The first-order valence-electron chi connectivity index (χ1n) is 10.8. The largest absolute Gasteiger partial charge is 0.392 e. The Morgan fingerprint density at radius 2 is 2.03 bits per heavy atom. The van der Waals surface area contributed by atoms with Crippen molar-refractivity contribution in [3.8, 4) is 0 Å². The van der Waals surface area contributed by atoms with Gasteiger partial charge in [-0.15, -0.1) is 0 Å². The van der Waals surface area contributed by atoms with Crippen LogP contribution in [0.3, 0.4) is 0 Å². The predicted octanol–water partition coefficient (Wildman–Crippen LogP) is 1.75. The van der Waals surface area contributed by atoms with Crippen LogP contribution in [0.4, 0.5) is 14.6 Å². The van der Waals surface area contributed by atoms with Crippen LogP contribution < -0.4 is 9.62 Å². The molecule has 4 heterocycles. The zero-order chi connectivity index (χ0) is 23.2. The standard InChI is InChI=1S/C21H24F2N6O3S/c22-15-3-4-18(23)17(10-15)19-2-1-7-28(19)20-6-9-29-21(26-20)14(11-24-29)12-25-33(31,32)27-8-5-16(30)13-27/h3-4,6,9-11,16,19,25,30H,1-2,5,7-8,12-13H2/t16-,19+/m0/s1. The number of fused-ring (bicyclic) bond motifs is 1. The topological polar surface area (TPSA) is 103 Å². The van der Waals surface area contributed by atoms with Crippen molar-refractivity contribution in [3.63, 3.8) is 0 Å². The van der Waals surface area contributed by atoms with Gasteiger partial charge in [-0.3, -0.25) is 0 Å². The summed E-state index contributed by atoms with van der Waals surface area (Å²) in [6.45, 7) is 0.953. The van der Waals surface area contributed by atoms with E-state index in [1.165, 1.54) is 10.4 Å². The fourth-order valence-corrected chi connectivity index (χ4v) is 5.75. The van der Waals surface area contributed by atoms with E-state index >= 15 is 0 Å². The highest BCUT2D eigenvalue weighted by Gasteiger charge is 2.31.